The monoisotopic (exact) mass is 397 g/mol. The molecule has 0 saturated carbocycles. The van der Waals surface area contributed by atoms with Gasteiger partial charge >= 0.3 is 6.09 Å². The van der Waals surface area contributed by atoms with Crippen molar-refractivity contribution in [3.8, 4) is 5.69 Å². The van der Waals surface area contributed by atoms with Gasteiger partial charge in [-0.2, -0.15) is 0 Å². The average molecular weight is 397 g/mol. The van der Waals surface area contributed by atoms with Crippen LogP contribution < -0.4 is 5.32 Å². The fraction of sp³-hybridized carbons (Fsp3) is 0.400. The summed E-state index contributed by atoms with van der Waals surface area (Å²) in [4.78, 5) is 44.1. The van der Waals surface area contributed by atoms with E-state index in [0.717, 1.165) is 17.9 Å². The highest BCUT2D eigenvalue weighted by atomic mass is 16.6. The third-order valence-corrected chi connectivity index (χ3v) is 5.29. The van der Waals surface area contributed by atoms with E-state index in [1.807, 2.05) is 42.0 Å². The van der Waals surface area contributed by atoms with Crippen LogP contribution in [-0.4, -0.2) is 69.5 Å². The van der Waals surface area contributed by atoms with Gasteiger partial charge in [-0.3, -0.25) is 14.5 Å². The first-order chi connectivity index (χ1) is 14.0. The van der Waals surface area contributed by atoms with E-state index in [-0.39, 0.29) is 18.4 Å². The Hall–Kier alpha value is -3.36. The summed E-state index contributed by atoms with van der Waals surface area (Å²) in [6, 6.07) is 6.93. The first-order valence-corrected chi connectivity index (χ1v) is 9.65. The SMILES string of the molecule is Cc1nccn1-c1ccc(NC(=O)[C@@H]2CCCN2C(=O)CN2CCOC2=O)cc1. The molecule has 0 aliphatic carbocycles. The van der Waals surface area contributed by atoms with Gasteiger partial charge in [0.2, 0.25) is 11.8 Å². The van der Waals surface area contributed by atoms with Gasteiger partial charge in [0.05, 0.1) is 6.54 Å². The minimum absolute atomic E-state index is 0.0540. The van der Waals surface area contributed by atoms with E-state index >= 15 is 0 Å². The second-order valence-corrected chi connectivity index (χ2v) is 7.16. The number of nitrogens with zero attached hydrogens (tertiary/aromatic N) is 4. The molecule has 9 nitrogen and oxygen atoms in total. The zero-order chi connectivity index (χ0) is 20.4. The van der Waals surface area contributed by atoms with Gasteiger partial charge < -0.3 is 19.5 Å². The van der Waals surface area contributed by atoms with E-state index in [4.69, 9.17) is 4.74 Å². The van der Waals surface area contributed by atoms with Crippen molar-refractivity contribution in [1.29, 1.82) is 0 Å². The van der Waals surface area contributed by atoms with E-state index in [9.17, 15) is 14.4 Å². The molecular weight excluding hydrogens is 374 g/mol. The summed E-state index contributed by atoms with van der Waals surface area (Å²) < 4.78 is 6.81. The predicted molar refractivity (Wildman–Crippen MR) is 105 cm³/mol. The maximum absolute atomic E-state index is 12.8. The van der Waals surface area contributed by atoms with Crippen LogP contribution in [0.2, 0.25) is 0 Å². The van der Waals surface area contributed by atoms with Crippen LogP contribution in [0.3, 0.4) is 0 Å². The quantitative estimate of drug-likeness (QED) is 0.826. The number of rotatable bonds is 5. The molecule has 0 spiro atoms. The van der Waals surface area contributed by atoms with Gasteiger partial charge in [0.1, 0.15) is 25.0 Å². The number of anilines is 1. The Balaban J connectivity index is 1.39. The molecule has 1 N–H and O–H groups in total. The summed E-state index contributed by atoms with van der Waals surface area (Å²) in [6.45, 7) is 3.08. The summed E-state index contributed by atoms with van der Waals surface area (Å²) in [7, 11) is 0. The Kier molecular flexibility index (Phi) is 5.20. The van der Waals surface area contributed by atoms with Crippen LogP contribution in [0.1, 0.15) is 18.7 Å². The first-order valence-electron chi connectivity index (χ1n) is 9.65. The summed E-state index contributed by atoms with van der Waals surface area (Å²) in [5.41, 5.74) is 1.62. The van der Waals surface area contributed by atoms with Crippen molar-refractivity contribution in [2.24, 2.45) is 0 Å². The van der Waals surface area contributed by atoms with Crippen molar-refractivity contribution >= 4 is 23.6 Å². The van der Waals surface area contributed by atoms with Crippen LogP contribution in [-0.2, 0) is 14.3 Å². The molecule has 1 aromatic heterocycles. The topological polar surface area (TPSA) is 96.8 Å². The van der Waals surface area contributed by atoms with Gasteiger partial charge in [-0.05, 0) is 44.0 Å². The minimum Gasteiger partial charge on any atom is -0.448 e. The number of amides is 3. The lowest BCUT2D eigenvalue weighted by atomic mass is 10.2. The molecule has 9 heteroatoms. The maximum atomic E-state index is 12.8. The smallest absolute Gasteiger partial charge is 0.410 e. The van der Waals surface area contributed by atoms with Crippen LogP contribution in [0.25, 0.3) is 5.69 Å². The number of cyclic esters (lactones) is 1. The number of hydrogen-bond acceptors (Lipinski definition) is 5. The maximum Gasteiger partial charge on any atom is 0.410 e. The number of carbonyl (C=O) groups excluding carboxylic acids is 3. The van der Waals surface area contributed by atoms with Crippen molar-refractivity contribution < 1.29 is 19.1 Å². The summed E-state index contributed by atoms with van der Waals surface area (Å²) in [5, 5.41) is 2.90. The Morgan fingerprint density at radius 3 is 2.69 bits per heavy atom. The third kappa shape index (κ3) is 3.94. The highest BCUT2D eigenvalue weighted by molar-refractivity contribution is 5.98. The largest absolute Gasteiger partial charge is 0.448 e. The van der Waals surface area contributed by atoms with Gasteiger partial charge in [0.15, 0.2) is 0 Å². The summed E-state index contributed by atoms with van der Waals surface area (Å²) in [6.07, 6.45) is 4.49. The molecule has 0 radical (unpaired) electrons. The van der Waals surface area contributed by atoms with Gasteiger partial charge in [0, 0.05) is 30.3 Å². The number of likely N-dealkylation sites (tertiary alicyclic amines) is 1. The zero-order valence-electron chi connectivity index (χ0n) is 16.2. The highest BCUT2D eigenvalue weighted by Crippen LogP contribution is 2.21. The van der Waals surface area contributed by atoms with Crippen molar-refractivity contribution in [2.75, 3.05) is 31.6 Å². The van der Waals surface area contributed by atoms with Gasteiger partial charge in [0.25, 0.3) is 0 Å². The molecule has 2 aliphatic heterocycles. The Labute approximate surface area is 168 Å². The molecule has 29 heavy (non-hydrogen) atoms. The number of hydrogen-bond donors (Lipinski definition) is 1. The molecule has 4 rings (SSSR count). The van der Waals surface area contributed by atoms with E-state index in [1.54, 1.807) is 11.1 Å². The Morgan fingerprint density at radius 1 is 1.24 bits per heavy atom. The van der Waals surface area contributed by atoms with Gasteiger partial charge in [-0.15, -0.1) is 0 Å². The molecule has 2 fully saturated rings. The fourth-order valence-electron chi connectivity index (χ4n) is 3.74. The number of carbonyl (C=O) groups is 3. The number of aromatic nitrogens is 2. The second kappa shape index (κ2) is 7.94. The lowest BCUT2D eigenvalue weighted by Crippen LogP contribution is -2.47. The van der Waals surface area contributed by atoms with Gasteiger partial charge in [-0.1, -0.05) is 0 Å². The number of ether oxygens (including phenoxy) is 1. The molecule has 2 saturated heterocycles. The van der Waals surface area contributed by atoms with Crippen LogP contribution >= 0.6 is 0 Å². The number of imidazole rings is 1. The van der Waals surface area contributed by atoms with Crippen molar-refractivity contribution in [3.05, 3.63) is 42.5 Å². The summed E-state index contributed by atoms with van der Waals surface area (Å²) >= 11 is 0. The second-order valence-electron chi connectivity index (χ2n) is 7.16. The molecule has 1 aromatic carbocycles. The van der Waals surface area contributed by atoms with Crippen LogP contribution in [0, 0.1) is 6.92 Å². The third-order valence-electron chi connectivity index (χ3n) is 5.29. The van der Waals surface area contributed by atoms with Crippen molar-refractivity contribution in [3.63, 3.8) is 0 Å². The van der Waals surface area contributed by atoms with Crippen molar-refractivity contribution in [1.82, 2.24) is 19.4 Å². The molecule has 2 aromatic rings. The number of benzene rings is 1. The molecule has 0 bridgehead atoms. The van der Waals surface area contributed by atoms with Crippen molar-refractivity contribution in [2.45, 2.75) is 25.8 Å². The van der Waals surface area contributed by atoms with E-state index in [1.165, 1.54) is 4.90 Å². The number of aryl methyl sites for hydroxylation is 1. The van der Waals surface area contributed by atoms with E-state index in [2.05, 4.69) is 10.3 Å². The standard InChI is InChI=1S/C20H23N5O4/c1-14-21-8-10-24(14)16-6-4-15(5-7-16)22-19(27)17-3-2-9-25(17)18(26)13-23-11-12-29-20(23)28/h4-8,10,17H,2-3,9,11-13H2,1H3,(H,22,27)/t17-/m0/s1. The molecule has 0 unspecified atom stereocenters. The summed E-state index contributed by atoms with van der Waals surface area (Å²) in [5.74, 6) is 0.433. The van der Waals surface area contributed by atoms with Crippen LogP contribution in [0.5, 0.6) is 0 Å². The Morgan fingerprint density at radius 2 is 2.03 bits per heavy atom. The number of nitrogens with one attached hydrogen (secondary N) is 1. The predicted octanol–water partition coefficient (Wildman–Crippen LogP) is 1.56. The van der Waals surface area contributed by atoms with E-state index < -0.39 is 12.1 Å². The normalized spacial score (nSPS) is 18.8. The molecule has 2 aliphatic rings. The molecule has 152 valence electrons. The Bertz CT molecular complexity index is 923. The molecular formula is C20H23N5O4. The lowest BCUT2D eigenvalue weighted by molar-refractivity contribution is -0.137. The van der Waals surface area contributed by atoms with Crippen LogP contribution in [0.4, 0.5) is 10.5 Å². The van der Waals surface area contributed by atoms with E-state index in [0.29, 0.717) is 31.8 Å². The molecule has 1 atom stereocenters. The average Bonchev–Trinajstić information content (AvgIpc) is 3.44. The minimum atomic E-state index is -0.531. The molecule has 3 heterocycles. The lowest BCUT2D eigenvalue weighted by Gasteiger charge is -2.25. The van der Waals surface area contributed by atoms with Gasteiger partial charge in [-0.25, -0.2) is 9.78 Å². The molecule has 3 amide bonds. The highest BCUT2D eigenvalue weighted by Gasteiger charge is 2.36. The van der Waals surface area contributed by atoms with Crippen LogP contribution in [0.15, 0.2) is 36.7 Å². The first kappa shape index (κ1) is 19.0. The fourth-order valence-corrected chi connectivity index (χ4v) is 3.74. The zero-order valence-corrected chi connectivity index (χ0v) is 16.2.